The van der Waals surface area contributed by atoms with Gasteiger partial charge in [-0.05, 0) is 24.3 Å². The SMILES string of the molecule is CC1CN(C2CC2)CC1NC(=O)[C@H]1CNC[C@@H]1c1cnn(C)c1.Cl.Cl. The van der Waals surface area contributed by atoms with E-state index in [0.29, 0.717) is 12.0 Å². The second kappa shape index (κ2) is 8.25. The summed E-state index contributed by atoms with van der Waals surface area (Å²) in [5, 5.41) is 11.0. The fraction of sp³-hybridized carbons (Fsp3) is 0.765. The fourth-order valence-electron chi connectivity index (χ4n) is 4.16. The van der Waals surface area contributed by atoms with Crippen LogP contribution in [0.25, 0.3) is 0 Å². The summed E-state index contributed by atoms with van der Waals surface area (Å²) in [6.45, 7) is 6.04. The van der Waals surface area contributed by atoms with Crippen LogP contribution in [0.1, 0.15) is 31.2 Å². The van der Waals surface area contributed by atoms with Crippen LogP contribution in [0.15, 0.2) is 12.4 Å². The number of aryl methyl sites for hydroxylation is 1. The van der Waals surface area contributed by atoms with Crippen LogP contribution in [0.2, 0.25) is 0 Å². The summed E-state index contributed by atoms with van der Waals surface area (Å²) in [6.07, 6.45) is 6.60. The summed E-state index contributed by atoms with van der Waals surface area (Å²) in [5.74, 6) is 1.01. The van der Waals surface area contributed by atoms with Crippen molar-refractivity contribution in [1.29, 1.82) is 0 Å². The number of carbonyl (C=O) groups is 1. The number of rotatable bonds is 4. The number of hydrogen-bond donors (Lipinski definition) is 2. The Morgan fingerprint density at radius 3 is 2.68 bits per heavy atom. The molecule has 8 heteroatoms. The van der Waals surface area contributed by atoms with Crippen LogP contribution in [0.4, 0.5) is 0 Å². The van der Waals surface area contributed by atoms with Crippen LogP contribution in [-0.2, 0) is 11.8 Å². The van der Waals surface area contributed by atoms with Crippen molar-refractivity contribution in [3.8, 4) is 0 Å². The monoisotopic (exact) mass is 389 g/mol. The van der Waals surface area contributed by atoms with E-state index in [9.17, 15) is 4.79 Å². The molecule has 6 nitrogen and oxygen atoms in total. The van der Waals surface area contributed by atoms with Crippen molar-refractivity contribution >= 4 is 30.7 Å². The van der Waals surface area contributed by atoms with E-state index in [-0.39, 0.29) is 42.6 Å². The van der Waals surface area contributed by atoms with E-state index in [4.69, 9.17) is 0 Å². The van der Waals surface area contributed by atoms with Crippen molar-refractivity contribution in [2.75, 3.05) is 26.2 Å². The van der Waals surface area contributed by atoms with Gasteiger partial charge in [-0.15, -0.1) is 24.8 Å². The first kappa shape index (κ1) is 20.5. The number of hydrogen-bond acceptors (Lipinski definition) is 4. The molecule has 0 bridgehead atoms. The predicted octanol–water partition coefficient (Wildman–Crippen LogP) is 1.17. The standard InChI is InChI=1S/C17H27N5O.2ClH/c1-11-8-22(13-3-4-13)10-16(11)20-17(23)15-7-18-6-14(15)12-5-19-21(2)9-12;;/h5,9,11,13-16,18H,3-4,6-8,10H2,1-2H3,(H,20,23);2*1H/t11?,14-,15+,16?;;/m1../s1. The van der Waals surface area contributed by atoms with Gasteiger partial charge >= 0.3 is 0 Å². The first-order valence-corrected chi connectivity index (χ1v) is 8.85. The molecule has 2 aliphatic heterocycles. The van der Waals surface area contributed by atoms with E-state index >= 15 is 0 Å². The molecule has 1 aromatic rings. The van der Waals surface area contributed by atoms with Gasteiger partial charge in [0.1, 0.15) is 0 Å². The minimum Gasteiger partial charge on any atom is -0.351 e. The minimum atomic E-state index is 0. The number of nitrogens with one attached hydrogen (secondary N) is 2. The number of carbonyl (C=O) groups excluding carboxylic acids is 1. The van der Waals surface area contributed by atoms with Gasteiger partial charge in [-0.25, -0.2) is 0 Å². The van der Waals surface area contributed by atoms with Gasteiger partial charge in [0.2, 0.25) is 5.91 Å². The predicted molar refractivity (Wildman–Crippen MR) is 102 cm³/mol. The summed E-state index contributed by atoms with van der Waals surface area (Å²) < 4.78 is 1.81. The molecule has 4 atom stereocenters. The average Bonchev–Trinajstić information content (AvgIpc) is 2.92. The van der Waals surface area contributed by atoms with Gasteiger partial charge in [-0.1, -0.05) is 6.92 Å². The lowest BCUT2D eigenvalue weighted by molar-refractivity contribution is -0.125. The van der Waals surface area contributed by atoms with Crippen molar-refractivity contribution < 1.29 is 4.79 Å². The molecule has 2 N–H and O–H groups in total. The average molecular weight is 390 g/mol. The highest BCUT2D eigenvalue weighted by Gasteiger charge is 2.41. The fourth-order valence-corrected chi connectivity index (χ4v) is 4.16. The number of likely N-dealkylation sites (tertiary alicyclic amines) is 1. The Bertz CT molecular complexity index is 591. The third-order valence-corrected chi connectivity index (χ3v) is 5.74. The minimum absolute atomic E-state index is 0. The molecule has 142 valence electrons. The Morgan fingerprint density at radius 1 is 1.28 bits per heavy atom. The number of halogens is 2. The highest BCUT2D eigenvalue weighted by molar-refractivity contribution is 5.85. The maximum atomic E-state index is 12.8. The Labute approximate surface area is 161 Å². The Kier molecular flexibility index (Phi) is 6.76. The largest absolute Gasteiger partial charge is 0.351 e. The van der Waals surface area contributed by atoms with Gasteiger partial charge < -0.3 is 10.6 Å². The van der Waals surface area contributed by atoms with Gasteiger partial charge in [0.05, 0.1) is 12.1 Å². The molecule has 0 radical (unpaired) electrons. The number of nitrogens with zero attached hydrogens (tertiary/aromatic N) is 3. The summed E-state index contributed by atoms with van der Waals surface area (Å²) in [4.78, 5) is 15.4. The molecule has 2 saturated heterocycles. The quantitative estimate of drug-likeness (QED) is 0.810. The Balaban J connectivity index is 0.00000113. The second-order valence-electron chi connectivity index (χ2n) is 7.60. The van der Waals surface area contributed by atoms with Crippen LogP contribution in [0.5, 0.6) is 0 Å². The maximum Gasteiger partial charge on any atom is 0.225 e. The number of aromatic nitrogens is 2. The van der Waals surface area contributed by atoms with Crippen LogP contribution in [0.3, 0.4) is 0 Å². The van der Waals surface area contributed by atoms with Gasteiger partial charge in [0.15, 0.2) is 0 Å². The maximum absolute atomic E-state index is 12.8. The molecular weight excluding hydrogens is 361 g/mol. The van der Waals surface area contributed by atoms with E-state index in [1.165, 1.54) is 12.8 Å². The van der Waals surface area contributed by atoms with Crippen LogP contribution >= 0.6 is 24.8 Å². The van der Waals surface area contributed by atoms with E-state index in [2.05, 4.69) is 27.6 Å². The first-order valence-electron chi connectivity index (χ1n) is 8.85. The molecule has 3 aliphatic rings. The molecular formula is C17H29Cl2N5O. The lowest BCUT2D eigenvalue weighted by atomic mass is 9.89. The van der Waals surface area contributed by atoms with Gasteiger partial charge in [-0.2, -0.15) is 5.10 Å². The normalized spacial score (nSPS) is 32.1. The van der Waals surface area contributed by atoms with Crippen molar-refractivity contribution in [3.63, 3.8) is 0 Å². The van der Waals surface area contributed by atoms with Crippen LogP contribution < -0.4 is 10.6 Å². The Hall–Kier alpha value is -0.820. The van der Waals surface area contributed by atoms with Gasteiger partial charge in [-0.3, -0.25) is 14.4 Å². The zero-order valence-corrected chi connectivity index (χ0v) is 16.5. The summed E-state index contributed by atoms with van der Waals surface area (Å²) >= 11 is 0. The van der Waals surface area contributed by atoms with Crippen molar-refractivity contribution in [2.24, 2.45) is 18.9 Å². The van der Waals surface area contributed by atoms with Crippen LogP contribution in [0, 0.1) is 11.8 Å². The molecule has 1 saturated carbocycles. The van der Waals surface area contributed by atoms with Crippen molar-refractivity contribution in [1.82, 2.24) is 25.3 Å². The van der Waals surface area contributed by atoms with Crippen molar-refractivity contribution in [2.45, 2.75) is 37.8 Å². The highest BCUT2D eigenvalue weighted by atomic mass is 35.5. The first-order chi connectivity index (χ1) is 11.1. The highest BCUT2D eigenvalue weighted by Crippen LogP contribution is 2.32. The molecule has 3 heterocycles. The summed E-state index contributed by atoms with van der Waals surface area (Å²) in [6, 6.07) is 1.09. The van der Waals surface area contributed by atoms with Gasteiger partial charge in [0.25, 0.3) is 0 Å². The van der Waals surface area contributed by atoms with E-state index in [1.807, 2.05) is 24.1 Å². The molecule has 1 amide bonds. The molecule has 25 heavy (non-hydrogen) atoms. The van der Waals surface area contributed by atoms with Crippen LogP contribution in [-0.4, -0.2) is 58.9 Å². The Morgan fingerprint density at radius 2 is 2.04 bits per heavy atom. The summed E-state index contributed by atoms with van der Waals surface area (Å²) in [5.41, 5.74) is 1.16. The van der Waals surface area contributed by atoms with E-state index in [1.54, 1.807) is 0 Å². The zero-order chi connectivity index (χ0) is 16.0. The third-order valence-electron chi connectivity index (χ3n) is 5.74. The summed E-state index contributed by atoms with van der Waals surface area (Å²) in [7, 11) is 1.92. The molecule has 3 fully saturated rings. The lowest BCUT2D eigenvalue weighted by Gasteiger charge is -2.22. The molecule has 1 aromatic heterocycles. The number of amides is 1. The third kappa shape index (κ3) is 4.30. The lowest BCUT2D eigenvalue weighted by Crippen LogP contribution is -2.44. The molecule has 4 rings (SSSR count). The molecule has 0 spiro atoms. The molecule has 1 aliphatic carbocycles. The van der Waals surface area contributed by atoms with Crippen molar-refractivity contribution in [3.05, 3.63) is 18.0 Å². The molecule has 2 unspecified atom stereocenters. The second-order valence-corrected chi connectivity index (χ2v) is 7.60. The van der Waals surface area contributed by atoms with E-state index in [0.717, 1.165) is 37.8 Å². The smallest absolute Gasteiger partial charge is 0.225 e. The molecule has 0 aromatic carbocycles. The van der Waals surface area contributed by atoms with E-state index < -0.39 is 0 Å². The zero-order valence-electron chi connectivity index (χ0n) is 14.9. The topological polar surface area (TPSA) is 62.2 Å². The van der Waals surface area contributed by atoms with Gasteiger partial charge in [0, 0.05) is 57.4 Å².